The molecule has 0 aliphatic carbocycles. The van der Waals surface area contributed by atoms with E-state index in [0.717, 1.165) is 22.6 Å². The number of aromatic nitrogens is 3. The van der Waals surface area contributed by atoms with E-state index < -0.39 is 5.25 Å². The molecule has 0 aliphatic heterocycles. The number of rotatable bonds is 6. The van der Waals surface area contributed by atoms with Gasteiger partial charge in [-0.2, -0.15) is 0 Å². The van der Waals surface area contributed by atoms with Crippen LogP contribution in [0, 0.1) is 6.92 Å². The van der Waals surface area contributed by atoms with Crippen LogP contribution < -0.4 is 0 Å². The number of thioether (sulfide) groups is 1. The molecule has 2 heterocycles. The summed E-state index contributed by atoms with van der Waals surface area (Å²) in [6.45, 7) is 1.90. The first-order valence-corrected chi connectivity index (χ1v) is 10.4. The van der Waals surface area contributed by atoms with Gasteiger partial charge in [-0.25, -0.2) is 0 Å². The third-order valence-electron chi connectivity index (χ3n) is 4.74. The second-order valence-electron chi connectivity index (χ2n) is 7.01. The van der Waals surface area contributed by atoms with E-state index in [9.17, 15) is 4.79 Å². The zero-order valence-corrected chi connectivity index (χ0v) is 17.8. The predicted molar refractivity (Wildman–Crippen MR) is 118 cm³/mol. The van der Waals surface area contributed by atoms with Gasteiger partial charge in [-0.3, -0.25) is 9.36 Å². The Labute approximate surface area is 179 Å². The molecule has 2 aromatic heterocycles. The van der Waals surface area contributed by atoms with Gasteiger partial charge >= 0.3 is 0 Å². The number of carbonyl (C=O) groups excluding carboxylic acids is 1. The molecule has 1 atom stereocenters. The average molecular weight is 419 g/mol. The zero-order valence-electron chi connectivity index (χ0n) is 17.0. The maximum atomic E-state index is 13.0. The third-order valence-corrected chi connectivity index (χ3v) is 5.92. The van der Waals surface area contributed by atoms with Crippen molar-refractivity contribution in [1.82, 2.24) is 19.7 Å². The van der Waals surface area contributed by atoms with Crippen LogP contribution in [-0.2, 0) is 4.79 Å². The van der Waals surface area contributed by atoms with E-state index in [1.807, 2.05) is 78.2 Å². The van der Waals surface area contributed by atoms with Crippen molar-refractivity contribution in [3.63, 3.8) is 0 Å². The normalized spacial score (nSPS) is 12.0. The van der Waals surface area contributed by atoms with Crippen LogP contribution in [0.5, 0.6) is 0 Å². The molecular formula is C23H22N4O2S. The summed E-state index contributed by atoms with van der Waals surface area (Å²) in [4.78, 5) is 14.6. The van der Waals surface area contributed by atoms with Gasteiger partial charge < -0.3 is 9.32 Å². The Balaban J connectivity index is 1.83. The van der Waals surface area contributed by atoms with Crippen LogP contribution in [0.4, 0.5) is 0 Å². The molecule has 2 aromatic carbocycles. The maximum absolute atomic E-state index is 13.0. The lowest BCUT2D eigenvalue weighted by molar-refractivity contribution is -0.128. The van der Waals surface area contributed by atoms with Gasteiger partial charge in [0.25, 0.3) is 0 Å². The molecule has 0 spiro atoms. The van der Waals surface area contributed by atoms with Crippen molar-refractivity contribution in [3.8, 4) is 17.1 Å². The molecule has 152 valence electrons. The highest BCUT2D eigenvalue weighted by Gasteiger charge is 2.28. The van der Waals surface area contributed by atoms with Crippen molar-refractivity contribution in [1.29, 1.82) is 0 Å². The molecule has 0 saturated carbocycles. The first-order chi connectivity index (χ1) is 14.6. The van der Waals surface area contributed by atoms with Crippen molar-refractivity contribution in [2.24, 2.45) is 0 Å². The van der Waals surface area contributed by atoms with E-state index in [1.54, 1.807) is 25.3 Å². The molecule has 1 amide bonds. The van der Waals surface area contributed by atoms with Gasteiger partial charge in [-0.05, 0) is 30.7 Å². The maximum Gasteiger partial charge on any atom is 0.240 e. The lowest BCUT2D eigenvalue weighted by atomic mass is 10.1. The van der Waals surface area contributed by atoms with Gasteiger partial charge in [0.05, 0.1) is 11.8 Å². The highest BCUT2D eigenvalue weighted by molar-refractivity contribution is 8.00. The standard InChI is InChI=1S/C23H22N4O2S/c1-16-19(14-15-29-16)21-24-25-23(27(21)18-12-8-5-9-13-18)30-20(22(28)26(2)3)17-10-6-4-7-11-17/h4-15,20H,1-3H3/t20-/m0/s1. The molecule has 0 fully saturated rings. The molecule has 4 rings (SSSR count). The van der Waals surface area contributed by atoms with Crippen LogP contribution in [-0.4, -0.2) is 39.7 Å². The fraction of sp³-hybridized carbons (Fsp3) is 0.174. The molecule has 7 heteroatoms. The molecule has 0 bridgehead atoms. The van der Waals surface area contributed by atoms with Crippen LogP contribution in [0.25, 0.3) is 17.1 Å². The van der Waals surface area contributed by atoms with Gasteiger partial charge in [0.15, 0.2) is 11.0 Å². The number of likely N-dealkylation sites (N-methyl/N-ethyl adjacent to an activating group) is 1. The van der Waals surface area contributed by atoms with Gasteiger partial charge in [0.1, 0.15) is 11.0 Å². The first kappa shape index (κ1) is 20.0. The van der Waals surface area contributed by atoms with E-state index in [1.165, 1.54) is 11.8 Å². The minimum atomic E-state index is -0.439. The summed E-state index contributed by atoms with van der Waals surface area (Å²) in [7, 11) is 3.53. The highest BCUT2D eigenvalue weighted by Crippen LogP contribution is 2.38. The lowest BCUT2D eigenvalue weighted by Crippen LogP contribution is -2.27. The van der Waals surface area contributed by atoms with Crippen LogP contribution in [0.15, 0.2) is 82.6 Å². The fourth-order valence-electron chi connectivity index (χ4n) is 3.18. The average Bonchev–Trinajstić information content (AvgIpc) is 3.38. The van der Waals surface area contributed by atoms with E-state index in [0.29, 0.717) is 11.0 Å². The van der Waals surface area contributed by atoms with E-state index in [4.69, 9.17) is 4.42 Å². The molecule has 4 aromatic rings. The van der Waals surface area contributed by atoms with Crippen molar-refractivity contribution < 1.29 is 9.21 Å². The van der Waals surface area contributed by atoms with Crippen LogP contribution in [0.3, 0.4) is 0 Å². The number of carbonyl (C=O) groups is 1. The number of nitrogens with zero attached hydrogens (tertiary/aromatic N) is 4. The molecule has 6 nitrogen and oxygen atoms in total. The summed E-state index contributed by atoms with van der Waals surface area (Å²) in [5.74, 6) is 1.44. The molecule has 0 aliphatic rings. The number of amides is 1. The Morgan fingerprint density at radius 1 is 1.00 bits per heavy atom. The minimum Gasteiger partial charge on any atom is -0.469 e. The predicted octanol–water partition coefficient (Wildman–Crippen LogP) is 4.76. The van der Waals surface area contributed by atoms with Gasteiger partial charge in [0, 0.05) is 19.8 Å². The van der Waals surface area contributed by atoms with Crippen molar-refractivity contribution in [2.45, 2.75) is 17.3 Å². The lowest BCUT2D eigenvalue weighted by Gasteiger charge is -2.20. The quantitative estimate of drug-likeness (QED) is 0.423. The number of aryl methyl sites for hydroxylation is 1. The Morgan fingerprint density at radius 2 is 1.67 bits per heavy atom. The molecular weight excluding hydrogens is 396 g/mol. The molecule has 0 saturated heterocycles. The molecule has 0 radical (unpaired) electrons. The minimum absolute atomic E-state index is 0.00477. The van der Waals surface area contributed by atoms with Crippen molar-refractivity contribution >= 4 is 17.7 Å². The number of hydrogen-bond donors (Lipinski definition) is 0. The van der Waals surface area contributed by atoms with Crippen LogP contribution in [0.2, 0.25) is 0 Å². The van der Waals surface area contributed by atoms with Crippen LogP contribution in [0.1, 0.15) is 16.6 Å². The zero-order chi connectivity index (χ0) is 21.1. The monoisotopic (exact) mass is 418 g/mol. The van der Waals surface area contributed by atoms with Gasteiger partial charge in [0.2, 0.25) is 5.91 Å². The van der Waals surface area contributed by atoms with Gasteiger partial charge in [-0.15, -0.1) is 10.2 Å². The number of para-hydroxylation sites is 1. The Hall–Kier alpha value is -3.32. The smallest absolute Gasteiger partial charge is 0.240 e. The summed E-state index contributed by atoms with van der Waals surface area (Å²) in [6.07, 6.45) is 1.64. The van der Waals surface area contributed by atoms with Crippen LogP contribution >= 0.6 is 11.8 Å². The van der Waals surface area contributed by atoms with E-state index >= 15 is 0 Å². The van der Waals surface area contributed by atoms with E-state index in [-0.39, 0.29) is 5.91 Å². The number of benzene rings is 2. The van der Waals surface area contributed by atoms with Crippen molar-refractivity contribution in [2.75, 3.05) is 14.1 Å². The van der Waals surface area contributed by atoms with Gasteiger partial charge in [-0.1, -0.05) is 60.3 Å². The molecule has 0 N–H and O–H groups in total. The Bertz CT molecular complexity index is 1140. The van der Waals surface area contributed by atoms with E-state index in [2.05, 4.69) is 10.2 Å². The van der Waals surface area contributed by atoms with Crippen molar-refractivity contribution in [3.05, 3.63) is 84.3 Å². The molecule has 30 heavy (non-hydrogen) atoms. The third kappa shape index (κ3) is 3.89. The second kappa shape index (κ2) is 8.59. The second-order valence-corrected chi connectivity index (χ2v) is 8.08. The summed E-state index contributed by atoms with van der Waals surface area (Å²) in [5, 5.41) is 9.12. The summed E-state index contributed by atoms with van der Waals surface area (Å²) in [6, 6.07) is 21.5. The number of hydrogen-bond acceptors (Lipinski definition) is 5. The Morgan fingerprint density at radius 3 is 2.27 bits per heavy atom. The number of furan rings is 1. The summed E-state index contributed by atoms with van der Waals surface area (Å²) < 4.78 is 7.46. The SMILES string of the molecule is Cc1occc1-c1nnc(S[C@H](C(=O)N(C)C)c2ccccc2)n1-c1ccccc1. The first-order valence-electron chi connectivity index (χ1n) is 9.54. The summed E-state index contributed by atoms with van der Waals surface area (Å²) >= 11 is 1.39. The summed E-state index contributed by atoms with van der Waals surface area (Å²) in [5.41, 5.74) is 2.71. The highest BCUT2D eigenvalue weighted by atomic mass is 32.2. The largest absolute Gasteiger partial charge is 0.469 e. The Kier molecular flexibility index (Phi) is 5.72. The molecule has 0 unspecified atom stereocenters. The fourth-order valence-corrected chi connectivity index (χ4v) is 4.38. The topological polar surface area (TPSA) is 64.2 Å².